The highest BCUT2D eigenvalue weighted by atomic mass is 16.5. The fourth-order valence-corrected chi connectivity index (χ4v) is 1.62. The molecule has 0 heterocycles. The zero-order valence-electron chi connectivity index (χ0n) is 12.0. The van der Waals surface area contributed by atoms with E-state index in [0.29, 0.717) is 12.1 Å². The SMILES string of the molecule is COC(C)(C)CC(=O)NCc1cccc(/C(N)=N/O)c1. The number of hydrogen-bond donors (Lipinski definition) is 3. The minimum Gasteiger partial charge on any atom is -0.409 e. The van der Waals surface area contributed by atoms with Crippen molar-refractivity contribution in [3.05, 3.63) is 35.4 Å². The number of nitrogens with one attached hydrogen (secondary N) is 1. The van der Waals surface area contributed by atoms with Gasteiger partial charge in [0.2, 0.25) is 5.91 Å². The second-order valence-electron chi connectivity index (χ2n) is 5.10. The molecule has 4 N–H and O–H groups in total. The van der Waals surface area contributed by atoms with Crippen LogP contribution in [0.15, 0.2) is 29.4 Å². The molecule has 20 heavy (non-hydrogen) atoms. The highest BCUT2D eigenvalue weighted by molar-refractivity contribution is 5.97. The molecule has 1 aromatic carbocycles. The monoisotopic (exact) mass is 279 g/mol. The zero-order valence-corrected chi connectivity index (χ0v) is 12.0. The summed E-state index contributed by atoms with van der Waals surface area (Å²) < 4.78 is 5.20. The maximum Gasteiger partial charge on any atom is 0.223 e. The molecule has 0 atom stereocenters. The van der Waals surface area contributed by atoms with Crippen LogP contribution >= 0.6 is 0 Å². The smallest absolute Gasteiger partial charge is 0.223 e. The number of benzene rings is 1. The van der Waals surface area contributed by atoms with Crippen LogP contribution in [0.5, 0.6) is 0 Å². The van der Waals surface area contributed by atoms with Crippen LogP contribution in [0.4, 0.5) is 0 Å². The molecule has 110 valence electrons. The summed E-state index contributed by atoms with van der Waals surface area (Å²) in [4.78, 5) is 11.8. The molecule has 0 bridgehead atoms. The van der Waals surface area contributed by atoms with E-state index < -0.39 is 5.60 Å². The normalized spacial score (nSPS) is 12.2. The van der Waals surface area contributed by atoms with Crippen molar-refractivity contribution < 1.29 is 14.7 Å². The lowest BCUT2D eigenvalue weighted by Crippen LogP contribution is -2.33. The minimum absolute atomic E-state index is 0.0405. The predicted molar refractivity (Wildman–Crippen MR) is 76.5 cm³/mol. The predicted octanol–water partition coefficient (Wildman–Crippen LogP) is 1.21. The first-order valence-electron chi connectivity index (χ1n) is 6.26. The molecule has 0 radical (unpaired) electrons. The molecule has 0 unspecified atom stereocenters. The summed E-state index contributed by atoms with van der Waals surface area (Å²) in [6.45, 7) is 4.09. The highest BCUT2D eigenvalue weighted by Gasteiger charge is 2.20. The van der Waals surface area contributed by atoms with Crippen LogP contribution in [0, 0.1) is 0 Å². The number of oxime groups is 1. The van der Waals surface area contributed by atoms with Crippen LogP contribution in [0.25, 0.3) is 0 Å². The van der Waals surface area contributed by atoms with Gasteiger partial charge in [-0.3, -0.25) is 4.79 Å². The average Bonchev–Trinajstić information content (AvgIpc) is 2.44. The van der Waals surface area contributed by atoms with Crippen molar-refractivity contribution >= 4 is 11.7 Å². The van der Waals surface area contributed by atoms with E-state index in [-0.39, 0.29) is 18.2 Å². The van der Waals surface area contributed by atoms with E-state index in [4.69, 9.17) is 15.7 Å². The van der Waals surface area contributed by atoms with Gasteiger partial charge in [-0.15, -0.1) is 0 Å². The number of hydrogen-bond acceptors (Lipinski definition) is 4. The lowest BCUT2D eigenvalue weighted by atomic mass is 10.0. The van der Waals surface area contributed by atoms with Crippen molar-refractivity contribution in [2.45, 2.75) is 32.4 Å². The summed E-state index contributed by atoms with van der Waals surface area (Å²) in [7, 11) is 1.58. The summed E-state index contributed by atoms with van der Waals surface area (Å²) >= 11 is 0. The van der Waals surface area contributed by atoms with Gasteiger partial charge in [-0.25, -0.2) is 0 Å². The van der Waals surface area contributed by atoms with Crippen LogP contribution < -0.4 is 11.1 Å². The van der Waals surface area contributed by atoms with E-state index in [2.05, 4.69) is 10.5 Å². The van der Waals surface area contributed by atoms with E-state index in [9.17, 15) is 4.79 Å². The molecule has 1 rings (SSSR count). The first kappa shape index (κ1) is 16.0. The third-order valence-electron chi connectivity index (χ3n) is 2.96. The average molecular weight is 279 g/mol. The quantitative estimate of drug-likeness (QED) is 0.315. The molecule has 6 heteroatoms. The Bertz CT molecular complexity index is 498. The molecule has 0 saturated heterocycles. The van der Waals surface area contributed by atoms with Gasteiger partial charge >= 0.3 is 0 Å². The molecule has 0 fully saturated rings. The zero-order chi connectivity index (χ0) is 15.2. The third kappa shape index (κ3) is 4.89. The van der Waals surface area contributed by atoms with Crippen molar-refractivity contribution in [2.75, 3.05) is 7.11 Å². The van der Waals surface area contributed by atoms with Crippen LogP contribution in [0.3, 0.4) is 0 Å². The molecule has 6 nitrogen and oxygen atoms in total. The lowest BCUT2D eigenvalue weighted by molar-refractivity contribution is -0.126. The lowest BCUT2D eigenvalue weighted by Gasteiger charge is -2.21. The Hall–Kier alpha value is -2.08. The molecular formula is C14H21N3O3. The molecule has 0 spiro atoms. The van der Waals surface area contributed by atoms with Gasteiger partial charge in [0, 0.05) is 19.2 Å². The molecule has 0 aliphatic heterocycles. The number of carbonyl (C=O) groups is 1. The van der Waals surface area contributed by atoms with Gasteiger partial charge in [0.15, 0.2) is 5.84 Å². The first-order valence-corrected chi connectivity index (χ1v) is 6.26. The Morgan fingerprint density at radius 2 is 2.20 bits per heavy atom. The second-order valence-corrected chi connectivity index (χ2v) is 5.10. The number of nitrogens with zero attached hydrogens (tertiary/aromatic N) is 1. The standard InChI is InChI=1S/C14H21N3O3/c1-14(2,20-3)8-12(18)16-9-10-5-4-6-11(7-10)13(15)17-19/h4-7,19H,8-9H2,1-3H3,(H2,15,17)(H,16,18). The maximum absolute atomic E-state index is 11.8. The van der Waals surface area contributed by atoms with Gasteiger partial charge < -0.3 is 21.0 Å². The second kappa shape index (κ2) is 6.91. The van der Waals surface area contributed by atoms with Gasteiger partial charge in [-0.1, -0.05) is 23.4 Å². The van der Waals surface area contributed by atoms with Gasteiger partial charge in [-0.2, -0.15) is 0 Å². The summed E-state index contributed by atoms with van der Waals surface area (Å²) in [6, 6.07) is 7.13. The molecule has 0 aliphatic carbocycles. The number of carbonyl (C=O) groups excluding carboxylic acids is 1. The Morgan fingerprint density at radius 3 is 2.80 bits per heavy atom. The number of amidine groups is 1. The number of nitrogens with two attached hydrogens (primary N) is 1. The van der Waals surface area contributed by atoms with Crippen LogP contribution in [-0.2, 0) is 16.1 Å². The summed E-state index contributed by atoms with van der Waals surface area (Å²) in [5, 5.41) is 14.4. The molecule has 0 aromatic heterocycles. The summed E-state index contributed by atoms with van der Waals surface area (Å²) in [5.74, 6) is -0.0512. The summed E-state index contributed by atoms with van der Waals surface area (Å²) in [5.41, 5.74) is 6.51. The number of ether oxygens (including phenoxy) is 1. The number of methoxy groups -OCH3 is 1. The van der Waals surface area contributed by atoms with Crippen molar-refractivity contribution in [2.24, 2.45) is 10.9 Å². The topological polar surface area (TPSA) is 96.9 Å². The molecule has 0 saturated carbocycles. The van der Waals surface area contributed by atoms with E-state index in [1.54, 1.807) is 25.3 Å². The van der Waals surface area contributed by atoms with Crippen LogP contribution in [-0.4, -0.2) is 29.7 Å². The van der Waals surface area contributed by atoms with Crippen molar-refractivity contribution in [1.82, 2.24) is 5.32 Å². The van der Waals surface area contributed by atoms with Crippen molar-refractivity contribution in [3.63, 3.8) is 0 Å². The maximum atomic E-state index is 11.8. The van der Waals surface area contributed by atoms with Crippen molar-refractivity contribution in [1.29, 1.82) is 0 Å². The Labute approximate surface area is 118 Å². The van der Waals surface area contributed by atoms with Gasteiger partial charge in [0.1, 0.15) is 0 Å². The fourth-order valence-electron chi connectivity index (χ4n) is 1.62. The van der Waals surface area contributed by atoms with E-state index >= 15 is 0 Å². The Balaban J connectivity index is 2.60. The van der Waals surface area contributed by atoms with Crippen molar-refractivity contribution in [3.8, 4) is 0 Å². The van der Waals surface area contributed by atoms with Gasteiger partial charge in [0.05, 0.1) is 12.0 Å². The molecule has 0 aliphatic rings. The number of amides is 1. The van der Waals surface area contributed by atoms with Gasteiger partial charge in [-0.05, 0) is 25.5 Å². The fraction of sp³-hybridized carbons (Fsp3) is 0.429. The van der Waals surface area contributed by atoms with E-state index in [1.165, 1.54) is 0 Å². The molecule has 1 aromatic rings. The first-order chi connectivity index (χ1) is 9.38. The van der Waals surface area contributed by atoms with Crippen LogP contribution in [0.1, 0.15) is 31.4 Å². The summed E-state index contributed by atoms with van der Waals surface area (Å²) in [6.07, 6.45) is 0.281. The highest BCUT2D eigenvalue weighted by Crippen LogP contribution is 2.12. The molecular weight excluding hydrogens is 258 g/mol. The Kier molecular flexibility index (Phi) is 5.52. The van der Waals surface area contributed by atoms with E-state index in [1.807, 2.05) is 19.9 Å². The molecule has 1 amide bonds. The third-order valence-corrected chi connectivity index (χ3v) is 2.96. The largest absolute Gasteiger partial charge is 0.409 e. The van der Waals surface area contributed by atoms with E-state index in [0.717, 1.165) is 5.56 Å². The minimum atomic E-state index is -0.486. The van der Waals surface area contributed by atoms with Crippen LogP contribution in [0.2, 0.25) is 0 Å². The Morgan fingerprint density at radius 1 is 1.50 bits per heavy atom. The van der Waals surface area contributed by atoms with Gasteiger partial charge in [0.25, 0.3) is 0 Å². The number of rotatable bonds is 6.